The summed E-state index contributed by atoms with van der Waals surface area (Å²) in [6.07, 6.45) is 5.59. The van der Waals surface area contributed by atoms with Crippen LogP contribution in [-0.2, 0) is 17.3 Å². The van der Waals surface area contributed by atoms with Gasteiger partial charge in [0.05, 0.1) is 17.0 Å². The number of carboxylic acids is 1. The molecule has 0 fully saturated rings. The molecule has 4 nitrogen and oxygen atoms in total. The van der Waals surface area contributed by atoms with Crippen LogP contribution in [0.15, 0.2) is 41.5 Å². The number of nitrogens with zero attached hydrogens (tertiary/aromatic N) is 1. The third kappa shape index (κ3) is 3.68. The molecule has 0 bridgehead atoms. The second kappa shape index (κ2) is 7.01. The summed E-state index contributed by atoms with van der Waals surface area (Å²) in [6.45, 7) is 9.45. The van der Waals surface area contributed by atoms with E-state index in [1.54, 1.807) is 24.3 Å². The summed E-state index contributed by atoms with van der Waals surface area (Å²) >= 11 is 0. The van der Waals surface area contributed by atoms with Crippen LogP contribution in [0.4, 0.5) is 5.69 Å². The highest BCUT2D eigenvalue weighted by Gasteiger charge is 2.38. The molecule has 2 aliphatic rings. The number of benzene rings is 2. The van der Waals surface area contributed by atoms with E-state index in [-0.39, 0.29) is 16.4 Å². The Balaban J connectivity index is 1.69. The van der Waals surface area contributed by atoms with E-state index in [1.165, 1.54) is 35.1 Å². The molecule has 0 saturated heterocycles. The van der Waals surface area contributed by atoms with Crippen LogP contribution in [0.5, 0.6) is 0 Å². The Labute approximate surface area is 173 Å². The molecule has 0 spiro atoms. The van der Waals surface area contributed by atoms with Gasteiger partial charge in [0.2, 0.25) is 0 Å². The number of fused-ring (bicyclic) bond motifs is 2. The van der Waals surface area contributed by atoms with Crippen LogP contribution < -0.4 is 5.43 Å². The summed E-state index contributed by atoms with van der Waals surface area (Å²) in [5.74, 6) is -0.917. The predicted molar refractivity (Wildman–Crippen MR) is 118 cm³/mol. The first-order valence-corrected chi connectivity index (χ1v) is 10.5. The summed E-state index contributed by atoms with van der Waals surface area (Å²) in [5.41, 5.74) is 11.4. The van der Waals surface area contributed by atoms with E-state index in [0.717, 1.165) is 30.7 Å². The highest BCUT2D eigenvalue weighted by Crippen LogP contribution is 2.47. The van der Waals surface area contributed by atoms with Gasteiger partial charge in [-0.15, -0.1) is 0 Å². The van der Waals surface area contributed by atoms with Crippen molar-refractivity contribution in [2.75, 3.05) is 5.43 Å². The van der Waals surface area contributed by atoms with Crippen LogP contribution in [0, 0.1) is 0 Å². The van der Waals surface area contributed by atoms with Crippen LogP contribution in [0.2, 0.25) is 0 Å². The zero-order valence-electron chi connectivity index (χ0n) is 17.8. The summed E-state index contributed by atoms with van der Waals surface area (Å²) in [6, 6.07) is 11.6. The molecule has 0 atom stereocenters. The molecule has 0 radical (unpaired) electrons. The first-order chi connectivity index (χ1) is 13.7. The lowest BCUT2D eigenvalue weighted by atomic mass is 9.62. The molecule has 0 aliphatic heterocycles. The SMILES string of the molecule is CC1(C)CCC(C)(C)c2cc3c(cc21)CCC/C3=N\Nc1ccc(C(=O)O)cc1. The van der Waals surface area contributed by atoms with Gasteiger partial charge in [-0.3, -0.25) is 5.43 Å². The number of anilines is 1. The minimum Gasteiger partial charge on any atom is -0.478 e. The van der Waals surface area contributed by atoms with Crippen molar-refractivity contribution in [1.82, 2.24) is 0 Å². The number of carboxylic acid groups (broad SMARTS) is 1. The number of rotatable bonds is 3. The number of hydrogen-bond donors (Lipinski definition) is 2. The van der Waals surface area contributed by atoms with Crippen LogP contribution in [0.3, 0.4) is 0 Å². The summed E-state index contributed by atoms with van der Waals surface area (Å²) in [4.78, 5) is 11.0. The number of aryl methyl sites for hydroxylation is 1. The van der Waals surface area contributed by atoms with Gasteiger partial charge in [0.25, 0.3) is 0 Å². The Morgan fingerprint density at radius 2 is 1.59 bits per heavy atom. The van der Waals surface area contributed by atoms with Crippen molar-refractivity contribution in [3.63, 3.8) is 0 Å². The maximum absolute atomic E-state index is 11.0. The Morgan fingerprint density at radius 3 is 2.21 bits per heavy atom. The Hall–Kier alpha value is -2.62. The molecule has 0 unspecified atom stereocenters. The van der Waals surface area contributed by atoms with Gasteiger partial charge in [0.1, 0.15) is 0 Å². The molecule has 2 N–H and O–H groups in total. The molecule has 4 rings (SSSR count). The molecule has 2 aromatic carbocycles. The van der Waals surface area contributed by atoms with E-state index >= 15 is 0 Å². The number of nitrogens with one attached hydrogen (secondary N) is 1. The van der Waals surface area contributed by atoms with Gasteiger partial charge < -0.3 is 5.11 Å². The Kier molecular flexibility index (Phi) is 4.76. The van der Waals surface area contributed by atoms with Crippen molar-refractivity contribution < 1.29 is 9.90 Å². The third-order valence-corrected chi connectivity index (χ3v) is 6.70. The minimum absolute atomic E-state index is 0.183. The molecular weight excluding hydrogens is 360 g/mol. The normalized spacial score (nSPS) is 20.6. The molecule has 0 amide bonds. The van der Waals surface area contributed by atoms with E-state index in [0.29, 0.717) is 0 Å². The average molecular weight is 391 g/mol. The molecular formula is C25H30N2O2. The third-order valence-electron chi connectivity index (χ3n) is 6.70. The molecule has 2 aromatic rings. The lowest BCUT2D eigenvalue weighted by Gasteiger charge is -2.43. The van der Waals surface area contributed by atoms with Gasteiger partial charge in [0, 0.05) is 5.56 Å². The van der Waals surface area contributed by atoms with Crippen molar-refractivity contribution in [1.29, 1.82) is 0 Å². The van der Waals surface area contributed by atoms with Crippen molar-refractivity contribution in [2.45, 2.75) is 70.6 Å². The first-order valence-electron chi connectivity index (χ1n) is 10.5. The molecule has 0 aromatic heterocycles. The summed E-state index contributed by atoms with van der Waals surface area (Å²) in [7, 11) is 0. The average Bonchev–Trinajstić information content (AvgIpc) is 2.69. The molecule has 4 heteroatoms. The topological polar surface area (TPSA) is 61.7 Å². The van der Waals surface area contributed by atoms with Crippen LogP contribution >= 0.6 is 0 Å². The summed E-state index contributed by atoms with van der Waals surface area (Å²) in [5, 5.41) is 13.8. The highest BCUT2D eigenvalue weighted by atomic mass is 16.4. The van der Waals surface area contributed by atoms with Crippen LogP contribution in [0.1, 0.15) is 86.0 Å². The zero-order valence-corrected chi connectivity index (χ0v) is 17.8. The molecule has 0 heterocycles. The minimum atomic E-state index is -0.917. The standard InChI is InChI=1S/C25H30N2O2/c1-24(2)12-13-25(3,4)21-15-19-17(14-20(21)24)6-5-7-22(19)27-26-18-10-8-16(9-11-18)23(28)29/h8-11,14-15,26H,5-7,12-13H2,1-4H3,(H,28,29)/b27-22+. The van der Waals surface area contributed by atoms with Gasteiger partial charge in [-0.2, -0.15) is 5.10 Å². The summed E-state index contributed by atoms with van der Waals surface area (Å²) < 4.78 is 0. The van der Waals surface area contributed by atoms with Crippen LogP contribution in [0.25, 0.3) is 0 Å². The van der Waals surface area contributed by atoms with E-state index in [9.17, 15) is 4.79 Å². The van der Waals surface area contributed by atoms with Gasteiger partial charge in [0.15, 0.2) is 0 Å². The van der Waals surface area contributed by atoms with E-state index in [1.807, 2.05) is 0 Å². The van der Waals surface area contributed by atoms with Gasteiger partial charge in [-0.05, 0) is 90.0 Å². The van der Waals surface area contributed by atoms with E-state index in [4.69, 9.17) is 10.2 Å². The van der Waals surface area contributed by atoms with Crippen molar-refractivity contribution in [3.05, 3.63) is 64.2 Å². The molecule has 0 saturated carbocycles. The largest absolute Gasteiger partial charge is 0.478 e. The number of hydrogen-bond acceptors (Lipinski definition) is 3. The predicted octanol–water partition coefficient (Wildman–Crippen LogP) is 5.89. The smallest absolute Gasteiger partial charge is 0.335 e. The van der Waals surface area contributed by atoms with Crippen molar-refractivity contribution in [2.24, 2.45) is 5.10 Å². The zero-order chi connectivity index (χ0) is 20.8. The Bertz CT molecular complexity index is 985. The number of hydrazone groups is 1. The van der Waals surface area contributed by atoms with Crippen molar-refractivity contribution >= 4 is 17.4 Å². The van der Waals surface area contributed by atoms with Gasteiger partial charge in [-0.1, -0.05) is 33.8 Å². The second-order valence-corrected chi connectivity index (χ2v) is 9.73. The lowest BCUT2D eigenvalue weighted by molar-refractivity contribution is 0.0697. The molecule has 2 aliphatic carbocycles. The molecule has 152 valence electrons. The van der Waals surface area contributed by atoms with Gasteiger partial charge >= 0.3 is 5.97 Å². The van der Waals surface area contributed by atoms with Crippen LogP contribution in [-0.4, -0.2) is 16.8 Å². The number of aromatic carboxylic acids is 1. The first kappa shape index (κ1) is 19.7. The second-order valence-electron chi connectivity index (χ2n) is 9.73. The fourth-order valence-electron chi connectivity index (χ4n) is 4.65. The quantitative estimate of drug-likeness (QED) is 0.643. The Morgan fingerprint density at radius 1 is 0.966 bits per heavy atom. The lowest BCUT2D eigenvalue weighted by Crippen LogP contribution is -2.34. The maximum atomic E-state index is 11.0. The number of carbonyl (C=O) groups is 1. The fourth-order valence-corrected chi connectivity index (χ4v) is 4.65. The van der Waals surface area contributed by atoms with E-state index in [2.05, 4.69) is 45.3 Å². The van der Waals surface area contributed by atoms with E-state index < -0.39 is 5.97 Å². The fraction of sp³-hybridized carbons (Fsp3) is 0.440. The van der Waals surface area contributed by atoms with Gasteiger partial charge in [-0.25, -0.2) is 4.79 Å². The van der Waals surface area contributed by atoms with Crippen molar-refractivity contribution in [3.8, 4) is 0 Å². The molecule has 29 heavy (non-hydrogen) atoms. The maximum Gasteiger partial charge on any atom is 0.335 e. The highest BCUT2D eigenvalue weighted by molar-refractivity contribution is 6.03. The monoisotopic (exact) mass is 390 g/mol.